The molecule has 0 unspecified atom stereocenters. The van der Waals surface area contributed by atoms with E-state index >= 15 is 0 Å². The van der Waals surface area contributed by atoms with Crippen molar-refractivity contribution in [2.75, 3.05) is 20.3 Å². The average molecular weight is 397 g/mol. The summed E-state index contributed by atoms with van der Waals surface area (Å²) in [6.07, 6.45) is 0. The molecule has 4 heteroatoms. The maximum atomic E-state index is 5.85. The highest BCUT2D eigenvalue weighted by Gasteiger charge is 1.99. The van der Waals surface area contributed by atoms with Crippen molar-refractivity contribution in [1.29, 1.82) is 0 Å². The molecule has 0 heterocycles. The van der Waals surface area contributed by atoms with Gasteiger partial charge >= 0.3 is 0 Å². The summed E-state index contributed by atoms with van der Waals surface area (Å²) in [4.78, 5) is 0. The molecule has 0 amide bonds. The number of nitrogens with one attached hydrogen (secondary N) is 1. The van der Waals surface area contributed by atoms with E-state index in [0.717, 1.165) is 25.4 Å². The second-order valence-corrected chi connectivity index (χ2v) is 5.98. The van der Waals surface area contributed by atoms with Gasteiger partial charge in [0.05, 0.1) is 6.61 Å². The first-order valence-corrected chi connectivity index (χ1v) is 8.01. The van der Waals surface area contributed by atoms with Gasteiger partial charge in [0.1, 0.15) is 12.4 Å². The van der Waals surface area contributed by atoms with E-state index in [1.54, 1.807) is 7.11 Å². The molecule has 21 heavy (non-hydrogen) atoms. The first-order chi connectivity index (χ1) is 10.3. The van der Waals surface area contributed by atoms with Crippen molar-refractivity contribution < 1.29 is 9.47 Å². The second kappa shape index (κ2) is 9.02. The molecule has 2 aromatic rings. The van der Waals surface area contributed by atoms with Crippen LogP contribution in [0.1, 0.15) is 11.1 Å². The Morgan fingerprint density at radius 1 is 1.05 bits per heavy atom. The molecular weight excluding hydrogens is 377 g/mol. The van der Waals surface area contributed by atoms with Gasteiger partial charge in [0.25, 0.3) is 0 Å². The first kappa shape index (κ1) is 16.3. The monoisotopic (exact) mass is 397 g/mol. The van der Waals surface area contributed by atoms with Crippen LogP contribution < -0.4 is 10.1 Å². The summed E-state index contributed by atoms with van der Waals surface area (Å²) in [5.74, 6) is 0.902. The molecular formula is C17H20INO2. The molecule has 2 rings (SSSR count). The van der Waals surface area contributed by atoms with Gasteiger partial charge in [0, 0.05) is 23.8 Å². The third-order valence-corrected chi connectivity index (χ3v) is 3.75. The van der Waals surface area contributed by atoms with Crippen molar-refractivity contribution in [2.24, 2.45) is 0 Å². The zero-order chi connectivity index (χ0) is 14.9. The summed E-state index contributed by atoms with van der Waals surface area (Å²) < 4.78 is 12.1. The molecule has 0 saturated carbocycles. The van der Waals surface area contributed by atoms with Crippen molar-refractivity contribution in [1.82, 2.24) is 5.32 Å². The SMILES string of the molecule is COCCNCc1cccc(OCc2ccc(I)cc2)c1. The fourth-order valence-corrected chi connectivity index (χ4v) is 2.26. The zero-order valence-corrected chi connectivity index (χ0v) is 14.3. The van der Waals surface area contributed by atoms with Crippen LogP contribution in [0.4, 0.5) is 0 Å². The van der Waals surface area contributed by atoms with E-state index in [1.165, 1.54) is 14.7 Å². The van der Waals surface area contributed by atoms with Crippen LogP contribution in [0, 0.1) is 3.57 Å². The molecule has 0 saturated heterocycles. The lowest BCUT2D eigenvalue weighted by molar-refractivity contribution is 0.199. The van der Waals surface area contributed by atoms with Crippen LogP contribution in [0.3, 0.4) is 0 Å². The van der Waals surface area contributed by atoms with E-state index < -0.39 is 0 Å². The van der Waals surface area contributed by atoms with E-state index in [4.69, 9.17) is 9.47 Å². The number of hydrogen-bond acceptors (Lipinski definition) is 3. The number of ether oxygens (including phenoxy) is 2. The van der Waals surface area contributed by atoms with Gasteiger partial charge in [-0.25, -0.2) is 0 Å². The van der Waals surface area contributed by atoms with Crippen LogP contribution in [0.2, 0.25) is 0 Å². The molecule has 1 N–H and O–H groups in total. The van der Waals surface area contributed by atoms with Gasteiger partial charge < -0.3 is 14.8 Å². The molecule has 0 aliphatic heterocycles. The number of methoxy groups -OCH3 is 1. The standard InChI is InChI=1S/C17H20INO2/c1-20-10-9-19-12-15-3-2-4-17(11-15)21-13-14-5-7-16(18)8-6-14/h2-8,11,19H,9-10,12-13H2,1H3. The molecule has 0 bridgehead atoms. The Morgan fingerprint density at radius 2 is 1.86 bits per heavy atom. The fraction of sp³-hybridized carbons (Fsp3) is 0.294. The van der Waals surface area contributed by atoms with E-state index in [9.17, 15) is 0 Å². The lowest BCUT2D eigenvalue weighted by atomic mass is 10.2. The molecule has 0 aliphatic rings. The molecule has 0 atom stereocenters. The van der Waals surface area contributed by atoms with Crippen LogP contribution >= 0.6 is 22.6 Å². The van der Waals surface area contributed by atoms with Crippen molar-refractivity contribution in [2.45, 2.75) is 13.2 Å². The maximum absolute atomic E-state index is 5.85. The topological polar surface area (TPSA) is 30.5 Å². The lowest BCUT2D eigenvalue weighted by Crippen LogP contribution is -2.18. The molecule has 3 nitrogen and oxygen atoms in total. The Morgan fingerprint density at radius 3 is 2.62 bits per heavy atom. The Bertz CT molecular complexity index is 543. The number of benzene rings is 2. The average Bonchev–Trinajstić information content (AvgIpc) is 2.52. The van der Waals surface area contributed by atoms with Gasteiger partial charge in [0.15, 0.2) is 0 Å². The van der Waals surface area contributed by atoms with Crippen LogP contribution in [-0.2, 0) is 17.9 Å². The second-order valence-electron chi connectivity index (χ2n) is 4.73. The van der Waals surface area contributed by atoms with Crippen molar-refractivity contribution in [3.05, 3.63) is 63.2 Å². The highest BCUT2D eigenvalue weighted by molar-refractivity contribution is 14.1. The minimum absolute atomic E-state index is 0.595. The Balaban J connectivity index is 1.84. The number of hydrogen-bond donors (Lipinski definition) is 1. The minimum Gasteiger partial charge on any atom is -0.489 e. The normalized spacial score (nSPS) is 10.6. The summed E-state index contributed by atoms with van der Waals surface area (Å²) in [6, 6.07) is 16.6. The van der Waals surface area contributed by atoms with Crippen LogP contribution in [0.5, 0.6) is 5.75 Å². The molecule has 112 valence electrons. The van der Waals surface area contributed by atoms with Crippen molar-refractivity contribution in [3.8, 4) is 5.75 Å². The minimum atomic E-state index is 0.595. The smallest absolute Gasteiger partial charge is 0.120 e. The molecule has 0 radical (unpaired) electrons. The molecule has 0 aromatic heterocycles. The van der Waals surface area contributed by atoms with E-state index in [2.05, 4.69) is 64.3 Å². The van der Waals surface area contributed by atoms with Crippen LogP contribution in [0.25, 0.3) is 0 Å². The Kier molecular flexibility index (Phi) is 6.99. The van der Waals surface area contributed by atoms with E-state index in [-0.39, 0.29) is 0 Å². The third kappa shape index (κ3) is 6.03. The highest BCUT2D eigenvalue weighted by atomic mass is 127. The van der Waals surface area contributed by atoms with Gasteiger partial charge in [-0.05, 0) is 58.0 Å². The van der Waals surface area contributed by atoms with Crippen molar-refractivity contribution in [3.63, 3.8) is 0 Å². The van der Waals surface area contributed by atoms with Gasteiger partial charge in [-0.2, -0.15) is 0 Å². The summed E-state index contributed by atoms with van der Waals surface area (Å²) >= 11 is 2.30. The van der Waals surface area contributed by atoms with Gasteiger partial charge in [-0.3, -0.25) is 0 Å². The quantitative estimate of drug-likeness (QED) is 0.546. The maximum Gasteiger partial charge on any atom is 0.120 e. The Labute approximate surface area is 139 Å². The number of halogens is 1. The molecule has 0 spiro atoms. The predicted octanol–water partition coefficient (Wildman–Crippen LogP) is 3.61. The molecule has 2 aromatic carbocycles. The molecule has 0 fully saturated rings. The lowest BCUT2D eigenvalue weighted by Gasteiger charge is -2.09. The molecule has 0 aliphatic carbocycles. The zero-order valence-electron chi connectivity index (χ0n) is 12.1. The highest BCUT2D eigenvalue weighted by Crippen LogP contribution is 2.15. The fourth-order valence-electron chi connectivity index (χ4n) is 1.90. The first-order valence-electron chi connectivity index (χ1n) is 6.94. The summed E-state index contributed by atoms with van der Waals surface area (Å²) in [5, 5.41) is 3.33. The van der Waals surface area contributed by atoms with E-state index in [1.807, 2.05) is 12.1 Å². The Hall–Kier alpha value is -1.11. The van der Waals surface area contributed by atoms with Gasteiger partial charge in [0.2, 0.25) is 0 Å². The largest absolute Gasteiger partial charge is 0.489 e. The van der Waals surface area contributed by atoms with Gasteiger partial charge in [-0.15, -0.1) is 0 Å². The third-order valence-electron chi connectivity index (χ3n) is 3.03. The number of rotatable bonds is 8. The summed E-state index contributed by atoms with van der Waals surface area (Å²) in [5.41, 5.74) is 2.39. The summed E-state index contributed by atoms with van der Waals surface area (Å²) in [6.45, 7) is 2.99. The van der Waals surface area contributed by atoms with Crippen LogP contribution in [-0.4, -0.2) is 20.3 Å². The predicted molar refractivity (Wildman–Crippen MR) is 93.5 cm³/mol. The summed E-state index contributed by atoms with van der Waals surface area (Å²) in [7, 11) is 1.71. The van der Waals surface area contributed by atoms with Crippen LogP contribution in [0.15, 0.2) is 48.5 Å². The van der Waals surface area contributed by atoms with E-state index in [0.29, 0.717) is 6.61 Å². The van der Waals surface area contributed by atoms with Crippen molar-refractivity contribution >= 4 is 22.6 Å². The van der Waals surface area contributed by atoms with Gasteiger partial charge in [-0.1, -0.05) is 24.3 Å².